The zero-order valence-corrected chi connectivity index (χ0v) is 15.3. The van der Waals surface area contributed by atoms with E-state index in [9.17, 15) is 21.2 Å². The molecule has 0 radical (unpaired) electrons. The van der Waals surface area contributed by atoms with Gasteiger partial charge < -0.3 is 0 Å². The smallest absolute Gasteiger partial charge is 0.224 e. The van der Waals surface area contributed by atoms with Crippen molar-refractivity contribution in [1.82, 2.24) is 4.31 Å². The molecule has 0 unspecified atom stereocenters. The molecule has 5 nitrogen and oxygen atoms in total. The number of halogens is 2. The molecule has 0 N–H and O–H groups in total. The molecule has 0 aromatic heterocycles. The van der Waals surface area contributed by atoms with Gasteiger partial charge in [0.2, 0.25) is 10.0 Å². The molecule has 0 spiro atoms. The van der Waals surface area contributed by atoms with Crippen LogP contribution in [-0.4, -0.2) is 34.4 Å². The molecule has 0 bridgehead atoms. The van der Waals surface area contributed by atoms with E-state index in [-0.39, 0.29) is 26.9 Å². The minimum atomic E-state index is -4.01. The number of hydrogen-bond donors (Lipinski definition) is 0. The second-order valence-corrected chi connectivity index (χ2v) is 9.68. The normalized spacial score (nSPS) is 12.5. The van der Waals surface area contributed by atoms with Crippen LogP contribution in [0.4, 0.5) is 4.39 Å². The van der Waals surface area contributed by atoms with Gasteiger partial charge in [-0.05, 0) is 30.3 Å². The Morgan fingerprint density at radius 2 is 1.62 bits per heavy atom. The molecular weight excluding hydrogens is 377 g/mol. The maximum atomic E-state index is 13.8. The van der Waals surface area contributed by atoms with Crippen molar-refractivity contribution in [2.75, 3.05) is 13.3 Å². The van der Waals surface area contributed by atoms with E-state index in [1.54, 1.807) is 0 Å². The molecule has 2 rings (SSSR count). The van der Waals surface area contributed by atoms with Gasteiger partial charge in [-0.1, -0.05) is 23.7 Å². The van der Waals surface area contributed by atoms with Gasteiger partial charge >= 0.3 is 0 Å². The molecule has 0 saturated carbocycles. The third-order valence-corrected chi connectivity index (χ3v) is 6.65. The summed E-state index contributed by atoms with van der Waals surface area (Å²) in [5.74, 6) is -0.616. The Morgan fingerprint density at radius 3 is 2.21 bits per heavy atom. The summed E-state index contributed by atoms with van der Waals surface area (Å²) < 4.78 is 63.1. The van der Waals surface area contributed by atoms with Crippen molar-refractivity contribution in [3.63, 3.8) is 0 Å². The van der Waals surface area contributed by atoms with Crippen LogP contribution in [0.5, 0.6) is 0 Å². The summed E-state index contributed by atoms with van der Waals surface area (Å²) in [4.78, 5) is -0.304. The van der Waals surface area contributed by atoms with Gasteiger partial charge in [0.25, 0.3) is 0 Å². The average Bonchev–Trinajstić information content (AvgIpc) is 2.50. The predicted molar refractivity (Wildman–Crippen MR) is 89.6 cm³/mol. The van der Waals surface area contributed by atoms with E-state index in [0.29, 0.717) is 0 Å². The predicted octanol–water partition coefficient (Wildman–Crippen LogP) is 2.70. The molecule has 0 atom stereocenters. The molecule has 9 heteroatoms. The SMILES string of the molecule is CN(Cc1c(F)cccc1Cl)S(=O)(=O)c1cccc(S(C)(=O)=O)c1. The Morgan fingerprint density at radius 1 is 1.04 bits per heavy atom. The zero-order chi connectivity index (χ0) is 18.1. The van der Waals surface area contributed by atoms with E-state index in [0.717, 1.165) is 16.6 Å². The van der Waals surface area contributed by atoms with Crippen molar-refractivity contribution < 1.29 is 21.2 Å². The minimum absolute atomic E-state index is 0.0458. The lowest BCUT2D eigenvalue weighted by Gasteiger charge is -2.18. The summed E-state index contributed by atoms with van der Waals surface area (Å²) in [7, 11) is -6.29. The van der Waals surface area contributed by atoms with Crippen molar-refractivity contribution in [3.8, 4) is 0 Å². The van der Waals surface area contributed by atoms with E-state index >= 15 is 0 Å². The number of nitrogens with zero attached hydrogens (tertiary/aromatic N) is 1. The van der Waals surface area contributed by atoms with Crippen LogP contribution in [-0.2, 0) is 26.4 Å². The van der Waals surface area contributed by atoms with Crippen molar-refractivity contribution in [2.24, 2.45) is 0 Å². The molecule has 0 aliphatic heterocycles. The Kier molecular flexibility index (Phi) is 5.34. The van der Waals surface area contributed by atoms with Crippen LogP contribution in [0.15, 0.2) is 52.3 Å². The quantitative estimate of drug-likeness (QED) is 0.785. The molecule has 24 heavy (non-hydrogen) atoms. The average molecular weight is 392 g/mol. The van der Waals surface area contributed by atoms with E-state index in [1.807, 2.05) is 0 Å². The Bertz CT molecular complexity index is 954. The van der Waals surface area contributed by atoms with Gasteiger partial charge in [-0.25, -0.2) is 21.2 Å². The van der Waals surface area contributed by atoms with Crippen LogP contribution in [0.2, 0.25) is 5.02 Å². The molecule has 130 valence electrons. The fourth-order valence-electron chi connectivity index (χ4n) is 2.04. The van der Waals surface area contributed by atoms with E-state index in [4.69, 9.17) is 11.6 Å². The van der Waals surface area contributed by atoms with Crippen LogP contribution in [0.3, 0.4) is 0 Å². The molecule has 0 aliphatic carbocycles. The summed E-state index contributed by atoms with van der Waals surface area (Å²) in [5.41, 5.74) is 0.0458. The highest BCUT2D eigenvalue weighted by Gasteiger charge is 2.24. The van der Waals surface area contributed by atoms with Crippen LogP contribution in [0, 0.1) is 5.82 Å². The molecule has 2 aromatic carbocycles. The highest BCUT2D eigenvalue weighted by atomic mass is 35.5. The third-order valence-electron chi connectivity index (χ3n) is 3.38. The highest BCUT2D eigenvalue weighted by Crippen LogP contribution is 2.24. The van der Waals surface area contributed by atoms with Crippen molar-refractivity contribution in [3.05, 3.63) is 58.9 Å². The largest absolute Gasteiger partial charge is 0.243 e. The van der Waals surface area contributed by atoms with Gasteiger partial charge in [0.1, 0.15) is 5.82 Å². The van der Waals surface area contributed by atoms with Crippen LogP contribution in [0.1, 0.15) is 5.56 Å². The molecule has 0 fully saturated rings. The number of hydrogen-bond acceptors (Lipinski definition) is 4. The van der Waals surface area contributed by atoms with E-state index < -0.39 is 25.7 Å². The molecule has 0 aliphatic rings. The molecule has 2 aromatic rings. The lowest BCUT2D eigenvalue weighted by atomic mass is 10.2. The van der Waals surface area contributed by atoms with Gasteiger partial charge in [0, 0.05) is 30.4 Å². The van der Waals surface area contributed by atoms with Gasteiger partial charge in [-0.15, -0.1) is 0 Å². The standard InChI is InChI=1S/C15H15ClFNO4S2/c1-18(10-13-14(16)7-4-8-15(13)17)24(21,22)12-6-3-5-11(9-12)23(2,19)20/h3-9H,10H2,1-2H3. The molecular formula is C15H15ClFNO4S2. The number of sulfonamides is 1. The lowest BCUT2D eigenvalue weighted by molar-refractivity contribution is 0.456. The van der Waals surface area contributed by atoms with Gasteiger partial charge in [0.05, 0.1) is 9.79 Å². The topological polar surface area (TPSA) is 71.5 Å². The Labute approximate surface area is 145 Å². The second-order valence-electron chi connectivity index (χ2n) is 5.21. The summed E-state index contributed by atoms with van der Waals surface area (Å²) in [5, 5.41) is 0.113. The van der Waals surface area contributed by atoms with Crippen molar-refractivity contribution in [1.29, 1.82) is 0 Å². The summed E-state index contributed by atoms with van der Waals surface area (Å²) >= 11 is 5.91. The van der Waals surface area contributed by atoms with Crippen molar-refractivity contribution in [2.45, 2.75) is 16.3 Å². The number of sulfone groups is 1. The van der Waals surface area contributed by atoms with Crippen molar-refractivity contribution >= 4 is 31.5 Å². The Balaban J connectivity index is 2.40. The fraction of sp³-hybridized carbons (Fsp3) is 0.200. The minimum Gasteiger partial charge on any atom is -0.224 e. The maximum Gasteiger partial charge on any atom is 0.243 e. The van der Waals surface area contributed by atoms with Gasteiger partial charge in [0.15, 0.2) is 9.84 Å². The Hall–Kier alpha value is -1.48. The van der Waals surface area contributed by atoms with Crippen LogP contribution >= 0.6 is 11.6 Å². The van der Waals surface area contributed by atoms with E-state index in [1.165, 1.54) is 43.4 Å². The molecule has 0 saturated heterocycles. The van der Waals surface area contributed by atoms with Crippen LogP contribution < -0.4 is 0 Å². The molecule has 0 heterocycles. The summed E-state index contributed by atoms with van der Waals surface area (Å²) in [6, 6.07) is 9.07. The van der Waals surface area contributed by atoms with Gasteiger partial charge in [-0.3, -0.25) is 0 Å². The third kappa shape index (κ3) is 3.94. The zero-order valence-electron chi connectivity index (χ0n) is 12.9. The summed E-state index contributed by atoms with van der Waals surface area (Å²) in [6.45, 7) is -0.281. The number of rotatable bonds is 5. The van der Waals surface area contributed by atoms with Crippen LogP contribution in [0.25, 0.3) is 0 Å². The van der Waals surface area contributed by atoms with E-state index in [2.05, 4.69) is 0 Å². The first-order valence-corrected chi connectivity index (χ1v) is 10.4. The first kappa shape index (κ1) is 18.9. The highest BCUT2D eigenvalue weighted by molar-refractivity contribution is 7.91. The monoisotopic (exact) mass is 391 g/mol. The first-order valence-electron chi connectivity index (χ1n) is 6.73. The maximum absolute atomic E-state index is 13.8. The molecule has 0 amide bonds. The first-order chi connectivity index (χ1) is 11.0. The number of benzene rings is 2. The lowest BCUT2D eigenvalue weighted by Crippen LogP contribution is -2.27. The fourth-order valence-corrected chi connectivity index (χ4v) is 4.19. The second kappa shape index (κ2) is 6.79. The summed E-state index contributed by atoms with van der Waals surface area (Å²) in [6.07, 6.45) is 0.988. The van der Waals surface area contributed by atoms with Gasteiger partial charge in [-0.2, -0.15) is 4.31 Å².